The standard InChI is InChI=1S/C30H38N6O4Si/c1-41(2,3)14-13-40-20-34-19-31-28-23(17-33-11-4-5-12-33)16-25(32-29(28)34)21-9-10-24-22(15-21)18-35(30(24)39)36-26(37)7-6-8-27(36)38/h9-10,15-16,19H,4-8,11-14,17-18,20H2,1-3H3. The second-order valence-electron chi connectivity index (χ2n) is 12.6. The molecule has 0 spiro atoms. The number of imidazole rings is 1. The Balaban J connectivity index is 1.31. The Morgan fingerprint density at radius 3 is 2.46 bits per heavy atom. The van der Waals surface area contributed by atoms with E-state index < -0.39 is 8.07 Å². The molecule has 3 aromatic rings. The molecule has 3 amide bonds. The van der Waals surface area contributed by atoms with Gasteiger partial charge in [-0.1, -0.05) is 25.7 Å². The van der Waals surface area contributed by atoms with Gasteiger partial charge in [0.25, 0.3) is 5.91 Å². The molecule has 5 heterocycles. The van der Waals surface area contributed by atoms with E-state index in [0.29, 0.717) is 25.3 Å². The van der Waals surface area contributed by atoms with Gasteiger partial charge in [-0.25, -0.2) is 15.0 Å². The number of imide groups is 1. The number of carbonyl (C=O) groups is 3. The average molecular weight is 575 g/mol. The Bertz CT molecular complexity index is 1490. The number of carbonyl (C=O) groups excluding carboxylic acids is 3. The topological polar surface area (TPSA) is 101 Å². The lowest BCUT2D eigenvalue weighted by Crippen LogP contribution is -2.51. The fraction of sp³-hybridized carbons (Fsp3) is 0.500. The number of hydrogen-bond acceptors (Lipinski definition) is 7. The molecule has 2 aromatic heterocycles. The van der Waals surface area contributed by atoms with E-state index in [4.69, 9.17) is 14.7 Å². The molecular formula is C30H38N6O4Si. The van der Waals surface area contributed by atoms with Crippen LogP contribution in [0.3, 0.4) is 0 Å². The summed E-state index contributed by atoms with van der Waals surface area (Å²) in [5.41, 5.74) is 5.77. The predicted octanol–water partition coefficient (Wildman–Crippen LogP) is 4.42. The Hall–Kier alpha value is -3.41. The van der Waals surface area contributed by atoms with Crippen LogP contribution in [0.25, 0.3) is 22.4 Å². The van der Waals surface area contributed by atoms with Crippen molar-refractivity contribution in [1.29, 1.82) is 0 Å². The summed E-state index contributed by atoms with van der Waals surface area (Å²) in [5.74, 6) is -0.954. The van der Waals surface area contributed by atoms with Crippen LogP contribution in [0.2, 0.25) is 25.7 Å². The molecule has 0 saturated carbocycles. The van der Waals surface area contributed by atoms with Crippen molar-refractivity contribution < 1.29 is 19.1 Å². The van der Waals surface area contributed by atoms with Crippen LogP contribution in [0.1, 0.15) is 53.6 Å². The molecule has 0 unspecified atom stereocenters. The zero-order valence-electron chi connectivity index (χ0n) is 24.2. The highest BCUT2D eigenvalue weighted by Gasteiger charge is 2.39. The third-order valence-corrected chi connectivity index (χ3v) is 9.86. The van der Waals surface area contributed by atoms with E-state index in [1.165, 1.54) is 17.9 Å². The third-order valence-electron chi connectivity index (χ3n) is 8.15. The molecule has 3 aliphatic rings. The van der Waals surface area contributed by atoms with Crippen LogP contribution in [-0.4, -0.2) is 74.9 Å². The number of aromatic nitrogens is 3. The van der Waals surface area contributed by atoms with Gasteiger partial charge in [0.1, 0.15) is 12.2 Å². The van der Waals surface area contributed by atoms with Crippen molar-refractivity contribution in [2.45, 2.75) is 77.6 Å². The van der Waals surface area contributed by atoms with Gasteiger partial charge in [0.2, 0.25) is 11.8 Å². The SMILES string of the molecule is C[Si](C)(C)CCOCn1cnc2c(CN3CCCC3)cc(-c3ccc4c(c3)CN(N3C(=O)CCCC3=O)C4=O)nc21. The zero-order valence-corrected chi connectivity index (χ0v) is 25.2. The molecule has 216 valence electrons. The first-order valence-corrected chi connectivity index (χ1v) is 18.3. The Kier molecular flexibility index (Phi) is 7.52. The van der Waals surface area contributed by atoms with Gasteiger partial charge < -0.3 is 4.74 Å². The molecule has 2 fully saturated rings. The molecule has 0 atom stereocenters. The number of benzene rings is 1. The highest BCUT2D eigenvalue weighted by atomic mass is 28.3. The summed E-state index contributed by atoms with van der Waals surface area (Å²) in [4.78, 5) is 50.5. The van der Waals surface area contributed by atoms with Crippen LogP contribution in [0, 0.1) is 0 Å². The minimum absolute atomic E-state index is 0.186. The van der Waals surface area contributed by atoms with Gasteiger partial charge in [-0.2, -0.15) is 5.01 Å². The normalized spacial score (nSPS) is 18.3. The Morgan fingerprint density at radius 1 is 0.976 bits per heavy atom. The van der Waals surface area contributed by atoms with E-state index in [2.05, 4.69) is 30.6 Å². The van der Waals surface area contributed by atoms with Crippen molar-refractivity contribution in [3.8, 4) is 11.3 Å². The van der Waals surface area contributed by atoms with E-state index >= 15 is 0 Å². The predicted molar refractivity (Wildman–Crippen MR) is 157 cm³/mol. The van der Waals surface area contributed by atoms with Crippen molar-refractivity contribution in [3.63, 3.8) is 0 Å². The third kappa shape index (κ3) is 5.71. The zero-order chi connectivity index (χ0) is 28.7. The highest BCUT2D eigenvalue weighted by molar-refractivity contribution is 6.76. The van der Waals surface area contributed by atoms with Gasteiger partial charge >= 0.3 is 0 Å². The van der Waals surface area contributed by atoms with Crippen LogP contribution in [0.4, 0.5) is 0 Å². The fourth-order valence-electron chi connectivity index (χ4n) is 5.82. The van der Waals surface area contributed by atoms with Crippen LogP contribution in [0.15, 0.2) is 30.6 Å². The quantitative estimate of drug-likeness (QED) is 0.212. The number of nitrogens with zero attached hydrogens (tertiary/aromatic N) is 6. The first-order chi connectivity index (χ1) is 19.7. The largest absolute Gasteiger partial charge is 0.361 e. The number of hydrogen-bond donors (Lipinski definition) is 0. The number of amides is 3. The van der Waals surface area contributed by atoms with E-state index in [1.807, 2.05) is 23.0 Å². The monoisotopic (exact) mass is 574 g/mol. The highest BCUT2D eigenvalue weighted by Crippen LogP contribution is 2.32. The molecule has 10 nitrogen and oxygen atoms in total. The van der Waals surface area contributed by atoms with E-state index in [9.17, 15) is 14.4 Å². The fourth-order valence-corrected chi connectivity index (χ4v) is 6.58. The number of ether oxygens (including phenoxy) is 1. The molecule has 3 aliphatic heterocycles. The minimum Gasteiger partial charge on any atom is -0.361 e. The molecule has 2 saturated heterocycles. The average Bonchev–Trinajstić information content (AvgIpc) is 3.66. The van der Waals surface area contributed by atoms with E-state index in [0.717, 1.165) is 64.2 Å². The molecule has 6 rings (SSSR count). The van der Waals surface area contributed by atoms with Crippen molar-refractivity contribution in [3.05, 3.63) is 47.3 Å². The second kappa shape index (κ2) is 11.1. The van der Waals surface area contributed by atoms with Crippen LogP contribution in [-0.2, 0) is 34.1 Å². The summed E-state index contributed by atoms with van der Waals surface area (Å²) in [6.07, 6.45) is 5.30. The van der Waals surface area contributed by atoms with Crippen molar-refractivity contribution in [1.82, 2.24) is 29.5 Å². The number of fused-ring (bicyclic) bond motifs is 2. The molecule has 11 heteroatoms. The van der Waals surface area contributed by atoms with Gasteiger partial charge in [-0.3, -0.25) is 23.9 Å². The molecule has 1 aromatic carbocycles. The Morgan fingerprint density at radius 2 is 1.73 bits per heavy atom. The number of rotatable bonds is 9. The first-order valence-electron chi connectivity index (χ1n) is 14.6. The molecular weight excluding hydrogens is 536 g/mol. The van der Waals surface area contributed by atoms with Crippen LogP contribution in [0.5, 0.6) is 0 Å². The molecule has 0 N–H and O–H groups in total. The van der Waals surface area contributed by atoms with Crippen LogP contribution < -0.4 is 0 Å². The summed E-state index contributed by atoms with van der Waals surface area (Å²) in [7, 11) is -1.19. The smallest absolute Gasteiger partial charge is 0.273 e. The van der Waals surface area contributed by atoms with Gasteiger partial charge in [0.05, 0.1) is 18.6 Å². The summed E-state index contributed by atoms with van der Waals surface area (Å²) in [6, 6.07) is 8.86. The van der Waals surface area contributed by atoms with Crippen molar-refractivity contribution in [2.24, 2.45) is 0 Å². The minimum atomic E-state index is -1.19. The molecule has 0 bridgehead atoms. The number of hydrazine groups is 1. The summed E-state index contributed by atoms with van der Waals surface area (Å²) < 4.78 is 8.02. The van der Waals surface area contributed by atoms with Gasteiger partial charge in [0, 0.05) is 45.2 Å². The molecule has 0 radical (unpaired) electrons. The summed E-state index contributed by atoms with van der Waals surface area (Å²) in [6.45, 7) is 11.3. The van der Waals surface area contributed by atoms with E-state index in [1.54, 1.807) is 6.07 Å². The van der Waals surface area contributed by atoms with Crippen molar-refractivity contribution >= 4 is 37.0 Å². The number of piperidine rings is 1. The lowest BCUT2D eigenvalue weighted by atomic mass is 10.0. The van der Waals surface area contributed by atoms with E-state index in [-0.39, 0.29) is 37.1 Å². The maximum absolute atomic E-state index is 13.2. The maximum Gasteiger partial charge on any atom is 0.273 e. The number of likely N-dealkylation sites (tertiary alicyclic amines) is 1. The van der Waals surface area contributed by atoms with Gasteiger partial charge in [-0.15, -0.1) is 0 Å². The lowest BCUT2D eigenvalue weighted by molar-refractivity contribution is -0.163. The van der Waals surface area contributed by atoms with Crippen molar-refractivity contribution in [2.75, 3.05) is 19.7 Å². The summed E-state index contributed by atoms with van der Waals surface area (Å²) >= 11 is 0. The molecule has 41 heavy (non-hydrogen) atoms. The first kappa shape index (κ1) is 27.7. The van der Waals surface area contributed by atoms with Gasteiger partial charge in [0.15, 0.2) is 5.65 Å². The molecule has 0 aliphatic carbocycles. The van der Waals surface area contributed by atoms with Gasteiger partial charge in [-0.05, 0) is 67.7 Å². The van der Waals surface area contributed by atoms with Crippen LogP contribution >= 0.6 is 0 Å². The number of pyridine rings is 1. The maximum atomic E-state index is 13.2. The Labute approximate surface area is 241 Å². The lowest BCUT2D eigenvalue weighted by Gasteiger charge is -2.32. The summed E-state index contributed by atoms with van der Waals surface area (Å²) in [5, 5.41) is 2.34. The second-order valence-corrected chi connectivity index (χ2v) is 18.2.